The molecule has 1 saturated heterocycles. The minimum atomic E-state index is 0.657. The molecule has 17 heavy (non-hydrogen) atoms. The SMILES string of the molecule is CN(C)CC1CCCN1Cc1cccnc1N. The van der Waals surface area contributed by atoms with Crippen molar-refractivity contribution < 1.29 is 0 Å². The van der Waals surface area contributed by atoms with E-state index in [0.29, 0.717) is 11.9 Å². The summed E-state index contributed by atoms with van der Waals surface area (Å²) in [6.45, 7) is 3.23. The van der Waals surface area contributed by atoms with Crippen LogP contribution in [0.4, 0.5) is 5.82 Å². The van der Waals surface area contributed by atoms with Crippen molar-refractivity contribution in [2.75, 3.05) is 32.9 Å². The zero-order valence-electron chi connectivity index (χ0n) is 10.8. The average molecular weight is 234 g/mol. The van der Waals surface area contributed by atoms with E-state index in [1.807, 2.05) is 6.07 Å². The molecular formula is C13H22N4. The van der Waals surface area contributed by atoms with Crippen LogP contribution in [0.15, 0.2) is 18.3 Å². The first-order chi connectivity index (χ1) is 8.16. The van der Waals surface area contributed by atoms with Crippen molar-refractivity contribution in [3.05, 3.63) is 23.9 Å². The number of nitrogens with two attached hydrogens (primary N) is 1. The van der Waals surface area contributed by atoms with Gasteiger partial charge in [-0.15, -0.1) is 0 Å². The smallest absolute Gasteiger partial charge is 0.127 e. The van der Waals surface area contributed by atoms with Gasteiger partial charge in [-0.3, -0.25) is 4.90 Å². The third-order valence-corrected chi connectivity index (χ3v) is 3.37. The zero-order valence-corrected chi connectivity index (χ0v) is 10.8. The molecule has 4 nitrogen and oxygen atoms in total. The summed E-state index contributed by atoms with van der Waals surface area (Å²) in [7, 11) is 4.27. The van der Waals surface area contributed by atoms with Gasteiger partial charge in [0.25, 0.3) is 0 Å². The molecule has 1 aromatic heterocycles. The van der Waals surface area contributed by atoms with Gasteiger partial charge in [-0.2, -0.15) is 0 Å². The molecule has 2 heterocycles. The van der Waals surface area contributed by atoms with Gasteiger partial charge in [-0.1, -0.05) is 6.07 Å². The van der Waals surface area contributed by atoms with Gasteiger partial charge >= 0.3 is 0 Å². The molecule has 0 aliphatic carbocycles. The molecule has 1 aliphatic heterocycles. The summed E-state index contributed by atoms with van der Waals surface area (Å²) < 4.78 is 0. The molecule has 0 spiro atoms. The van der Waals surface area contributed by atoms with E-state index in [2.05, 4.69) is 34.9 Å². The lowest BCUT2D eigenvalue weighted by atomic mass is 10.2. The van der Waals surface area contributed by atoms with Crippen molar-refractivity contribution in [3.63, 3.8) is 0 Å². The molecule has 1 aromatic rings. The lowest BCUT2D eigenvalue weighted by Gasteiger charge is -2.27. The van der Waals surface area contributed by atoms with Gasteiger partial charge in [0.15, 0.2) is 0 Å². The van der Waals surface area contributed by atoms with E-state index in [1.54, 1.807) is 6.20 Å². The molecule has 0 saturated carbocycles. The molecule has 1 aliphatic rings. The topological polar surface area (TPSA) is 45.4 Å². The minimum Gasteiger partial charge on any atom is -0.383 e. The number of anilines is 1. The van der Waals surface area contributed by atoms with Gasteiger partial charge in [0, 0.05) is 30.9 Å². The van der Waals surface area contributed by atoms with Crippen molar-refractivity contribution >= 4 is 5.82 Å². The summed E-state index contributed by atoms with van der Waals surface area (Å²) in [6.07, 6.45) is 4.33. The first kappa shape index (κ1) is 12.3. The summed E-state index contributed by atoms with van der Waals surface area (Å²) >= 11 is 0. The Labute approximate surface area is 103 Å². The fraction of sp³-hybridized carbons (Fsp3) is 0.615. The second kappa shape index (κ2) is 5.47. The first-order valence-electron chi connectivity index (χ1n) is 6.25. The largest absolute Gasteiger partial charge is 0.383 e. The van der Waals surface area contributed by atoms with Gasteiger partial charge in [0.05, 0.1) is 0 Å². The van der Waals surface area contributed by atoms with Crippen LogP contribution in [-0.2, 0) is 6.54 Å². The predicted octanol–water partition coefficient (Wildman–Crippen LogP) is 1.19. The molecule has 2 rings (SSSR count). The molecule has 4 heteroatoms. The number of hydrogen-bond donors (Lipinski definition) is 1. The van der Waals surface area contributed by atoms with Crippen molar-refractivity contribution in [1.82, 2.24) is 14.8 Å². The van der Waals surface area contributed by atoms with Crippen LogP contribution in [0.3, 0.4) is 0 Å². The van der Waals surface area contributed by atoms with Crippen LogP contribution in [0, 0.1) is 0 Å². The number of likely N-dealkylation sites (N-methyl/N-ethyl adjacent to an activating group) is 1. The lowest BCUT2D eigenvalue weighted by Crippen LogP contribution is -2.37. The minimum absolute atomic E-state index is 0.657. The monoisotopic (exact) mass is 234 g/mol. The van der Waals surface area contributed by atoms with E-state index in [0.717, 1.165) is 18.7 Å². The number of nitrogen functional groups attached to an aromatic ring is 1. The number of nitrogens with zero attached hydrogens (tertiary/aromatic N) is 3. The van der Waals surface area contributed by atoms with Crippen molar-refractivity contribution in [2.24, 2.45) is 0 Å². The second-order valence-corrected chi connectivity index (χ2v) is 5.08. The fourth-order valence-electron chi connectivity index (χ4n) is 2.53. The van der Waals surface area contributed by atoms with Crippen LogP contribution in [0.25, 0.3) is 0 Å². The maximum absolute atomic E-state index is 5.90. The van der Waals surface area contributed by atoms with Crippen LogP contribution in [0.5, 0.6) is 0 Å². The van der Waals surface area contributed by atoms with Crippen LogP contribution in [-0.4, -0.2) is 48.0 Å². The van der Waals surface area contributed by atoms with E-state index in [4.69, 9.17) is 5.73 Å². The number of rotatable bonds is 4. The molecule has 0 amide bonds. The lowest BCUT2D eigenvalue weighted by molar-refractivity contribution is 0.201. The maximum atomic E-state index is 5.90. The highest BCUT2D eigenvalue weighted by atomic mass is 15.2. The third-order valence-electron chi connectivity index (χ3n) is 3.37. The van der Waals surface area contributed by atoms with Crippen molar-refractivity contribution in [2.45, 2.75) is 25.4 Å². The van der Waals surface area contributed by atoms with E-state index in [9.17, 15) is 0 Å². The summed E-state index contributed by atoms with van der Waals surface area (Å²) in [4.78, 5) is 8.93. The average Bonchev–Trinajstić information content (AvgIpc) is 2.68. The van der Waals surface area contributed by atoms with Gasteiger partial charge in [-0.25, -0.2) is 4.98 Å². The number of hydrogen-bond acceptors (Lipinski definition) is 4. The highest BCUT2D eigenvalue weighted by Crippen LogP contribution is 2.21. The maximum Gasteiger partial charge on any atom is 0.127 e. The number of likely N-dealkylation sites (tertiary alicyclic amines) is 1. The zero-order chi connectivity index (χ0) is 12.3. The molecule has 1 unspecified atom stereocenters. The van der Waals surface area contributed by atoms with Crippen LogP contribution < -0.4 is 5.73 Å². The molecule has 94 valence electrons. The van der Waals surface area contributed by atoms with Crippen molar-refractivity contribution in [3.8, 4) is 0 Å². The Kier molecular flexibility index (Phi) is 3.97. The molecule has 0 radical (unpaired) electrons. The third kappa shape index (κ3) is 3.17. The standard InChI is InChI=1S/C13H22N4/c1-16(2)10-12-6-4-8-17(12)9-11-5-3-7-15-13(11)14/h3,5,7,12H,4,6,8-10H2,1-2H3,(H2,14,15). The van der Waals surface area contributed by atoms with E-state index in [1.165, 1.54) is 19.4 Å². The number of aromatic nitrogens is 1. The molecule has 0 aromatic carbocycles. The van der Waals surface area contributed by atoms with Gasteiger partial charge < -0.3 is 10.6 Å². The predicted molar refractivity (Wildman–Crippen MR) is 70.6 cm³/mol. The quantitative estimate of drug-likeness (QED) is 0.850. The van der Waals surface area contributed by atoms with Crippen molar-refractivity contribution in [1.29, 1.82) is 0 Å². The Hall–Kier alpha value is -1.13. The van der Waals surface area contributed by atoms with Crippen LogP contribution >= 0.6 is 0 Å². The first-order valence-corrected chi connectivity index (χ1v) is 6.25. The fourth-order valence-corrected chi connectivity index (χ4v) is 2.53. The van der Waals surface area contributed by atoms with Gasteiger partial charge in [-0.05, 0) is 39.5 Å². The van der Waals surface area contributed by atoms with Gasteiger partial charge in [0.2, 0.25) is 0 Å². The summed E-state index contributed by atoms with van der Waals surface area (Å²) in [5, 5.41) is 0. The molecule has 0 bridgehead atoms. The van der Waals surface area contributed by atoms with E-state index < -0.39 is 0 Å². The van der Waals surface area contributed by atoms with Crippen LogP contribution in [0.1, 0.15) is 18.4 Å². The highest BCUT2D eigenvalue weighted by Gasteiger charge is 2.25. The molecule has 1 fully saturated rings. The highest BCUT2D eigenvalue weighted by molar-refractivity contribution is 5.38. The Morgan fingerprint density at radius 3 is 3.06 bits per heavy atom. The summed E-state index contributed by atoms with van der Waals surface area (Å²) in [6, 6.07) is 4.69. The normalized spacial score (nSPS) is 21.2. The Morgan fingerprint density at radius 1 is 1.53 bits per heavy atom. The molecule has 2 N–H and O–H groups in total. The summed E-state index contributed by atoms with van der Waals surface area (Å²) in [5.74, 6) is 0.669. The Bertz CT molecular complexity index is 364. The molecular weight excluding hydrogens is 212 g/mol. The second-order valence-electron chi connectivity index (χ2n) is 5.08. The Balaban J connectivity index is 2.00. The van der Waals surface area contributed by atoms with Crippen LogP contribution in [0.2, 0.25) is 0 Å². The Morgan fingerprint density at radius 2 is 2.35 bits per heavy atom. The molecule has 1 atom stereocenters. The number of pyridine rings is 1. The summed E-state index contributed by atoms with van der Waals surface area (Å²) in [5.41, 5.74) is 7.05. The van der Waals surface area contributed by atoms with E-state index in [-0.39, 0.29) is 0 Å². The van der Waals surface area contributed by atoms with E-state index >= 15 is 0 Å². The van der Waals surface area contributed by atoms with Gasteiger partial charge in [0.1, 0.15) is 5.82 Å².